The zero-order chi connectivity index (χ0) is 9.30. The molecule has 0 spiro atoms. The van der Waals surface area contributed by atoms with Gasteiger partial charge in [0.2, 0.25) is 0 Å². The number of rotatable bonds is 1. The maximum Gasteiger partial charge on any atom is 0.311 e. The summed E-state index contributed by atoms with van der Waals surface area (Å²) in [6.07, 6.45) is -1.84. The van der Waals surface area contributed by atoms with Crippen LogP contribution in [0.2, 0.25) is 0 Å². The van der Waals surface area contributed by atoms with Crippen molar-refractivity contribution in [2.75, 3.05) is 7.11 Å². The summed E-state index contributed by atoms with van der Waals surface area (Å²) >= 11 is 0. The van der Waals surface area contributed by atoms with E-state index in [0.717, 1.165) is 0 Å². The number of aliphatic hydroxyl groups is 2. The molecule has 4 N–H and O–H groups in total. The van der Waals surface area contributed by atoms with Gasteiger partial charge in [0.25, 0.3) is 0 Å². The Morgan fingerprint density at radius 3 is 2.31 bits per heavy atom. The van der Waals surface area contributed by atoms with Gasteiger partial charge in [-0.3, -0.25) is 4.79 Å². The Morgan fingerprint density at radius 1 is 1.46 bits per heavy atom. The number of esters is 1. The number of hydrogen-bond acceptors (Lipinski definition) is 5. The van der Waals surface area contributed by atoms with E-state index in [-0.39, 0.29) is 18.8 Å². The molecular formula is C7H14ClNO4. The second-order valence-electron chi connectivity index (χ2n) is 3.01. The number of carbonyl (C=O) groups excluding carboxylic acids is 1. The van der Waals surface area contributed by atoms with Crippen LogP contribution in [0, 0.1) is 5.92 Å². The third-order valence-corrected chi connectivity index (χ3v) is 2.23. The monoisotopic (exact) mass is 211 g/mol. The van der Waals surface area contributed by atoms with Crippen molar-refractivity contribution in [3.63, 3.8) is 0 Å². The molecule has 1 aliphatic carbocycles. The number of ether oxygens (including phenoxy) is 1. The van der Waals surface area contributed by atoms with Crippen LogP contribution in [0.4, 0.5) is 0 Å². The summed E-state index contributed by atoms with van der Waals surface area (Å²) in [6, 6.07) is -0.538. The number of nitrogens with two attached hydrogens (primary N) is 1. The summed E-state index contributed by atoms with van der Waals surface area (Å²) in [5, 5.41) is 18.5. The van der Waals surface area contributed by atoms with E-state index in [2.05, 4.69) is 4.74 Å². The lowest BCUT2D eigenvalue weighted by molar-refractivity contribution is -0.149. The van der Waals surface area contributed by atoms with E-state index in [4.69, 9.17) is 5.73 Å². The fraction of sp³-hybridized carbons (Fsp3) is 0.857. The highest BCUT2D eigenvalue weighted by molar-refractivity contribution is 5.85. The van der Waals surface area contributed by atoms with Crippen LogP contribution in [0.3, 0.4) is 0 Å². The predicted molar refractivity (Wildman–Crippen MR) is 47.4 cm³/mol. The number of halogens is 1. The van der Waals surface area contributed by atoms with Crippen LogP contribution in [0.1, 0.15) is 6.42 Å². The van der Waals surface area contributed by atoms with E-state index in [1.165, 1.54) is 7.11 Å². The van der Waals surface area contributed by atoms with E-state index in [1.54, 1.807) is 0 Å². The lowest BCUT2D eigenvalue weighted by atomic mass is 10.1. The van der Waals surface area contributed by atoms with Crippen LogP contribution in [-0.2, 0) is 9.53 Å². The highest BCUT2D eigenvalue weighted by Crippen LogP contribution is 2.26. The van der Waals surface area contributed by atoms with E-state index in [1.807, 2.05) is 0 Å². The second-order valence-corrected chi connectivity index (χ2v) is 3.01. The Hall–Kier alpha value is -0.360. The van der Waals surface area contributed by atoms with E-state index >= 15 is 0 Å². The van der Waals surface area contributed by atoms with Crippen molar-refractivity contribution in [1.82, 2.24) is 0 Å². The molecule has 6 heteroatoms. The molecule has 1 rings (SSSR count). The molecule has 5 nitrogen and oxygen atoms in total. The number of carbonyl (C=O) groups is 1. The molecule has 0 aromatic carbocycles. The van der Waals surface area contributed by atoms with Gasteiger partial charge in [-0.15, -0.1) is 12.4 Å². The SMILES string of the molecule is COC(=O)[C@H]1C[C@@H](N)[C@H](O)[C@@H]1O.Cl. The first kappa shape index (κ1) is 12.6. The number of methoxy groups -OCH3 is 1. The first-order valence-electron chi connectivity index (χ1n) is 3.77. The molecule has 1 aliphatic rings. The topological polar surface area (TPSA) is 92.8 Å². The van der Waals surface area contributed by atoms with E-state index < -0.39 is 30.1 Å². The average molecular weight is 212 g/mol. The van der Waals surface area contributed by atoms with Crippen LogP contribution in [0.15, 0.2) is 0 Å². The third-order valence-electron chi connectivity index (χ3n) is 2.23. The summed E-state index contributed by atoms with van der Waals surface area (Å²) in [5.74, 6) is -1.20. The molecule has 0 bridgehead atoms. The van der Waals surface area contributed by atoms with Gasteiger partial charge in [0.15, 0.2) is 0 Å². The molecule has 0 unspecified atom stereocenters. The lowest BCUT2D eigenvalue weighted by Crippen LogP contribution is -2.36. The first-order valence-corrected chi connectivity index (χ1v) is 3.77. The van der Waals surface area contributed by atoms with Crippen molar-refractivity contribution in [1.29, 1.82) is 0 Å². The Labute approximate surface area is 82.3 Å². The van der Waals surface area contributed by atoms with Gasteiger partial charge in [-0.25, -0.2) is 0 Å². The number of hydrogen-bond donors (Lipinski definition) is 3. The second kappa shape index (κ2) is 4.76. The van der Waals surface area contributed by atoms with Crippen molar-refractivity contribution in [3.8, 4) is 0 Å². The molecule has 1 saturated carbocycles. The third kappa shape index (κ3) is 2.31. The minimum atomic E-state index is -1.09. The highest BCUT2D eigenvalue weighted by Gasteiger charge is 2.43. The van der Waals surface area contributed by atoms with E-state index in [0.29, 0.717) is 0 Å². The van der Waals surface area contributed by atoms with Crippen molar-refractivity contribution < 1.29 is 19.7 Å². The maximum atomic E-state index is 11.0. The minimum absolute atomic E-state index is 0. The molecule has 13 heavy (non-hydrogen) atoms. The van der Waals surface area contributed by atoms with Crippen LogP contribution >= 0.6 is 12.4 Å². The summed E-state index contributed by atoms with van der Waals surface area (Å²) in [7, 11) is 1.24. The van der Waals surface area contributed by atoms with Gasteiger partial charge in [0.1, 0.15) is 0 Å². The first-order chi connectivity index (χ1) is 5.57. The summed E-state index contributed by atoms with van der Waals surface area (Å²) in [6.45, 7) is 0. The quantitative estimate of drug-likeness (QED) is 0.467. The maximum absolute atomic E-state index is 11.0. The fourth-order valence-electron chi connectivity index (χ4n) is 1.45. The van der Waals surface area contributed by atoms with Crippen LogP contribution in [0.5, 0.6) is 0 Å². The molecule has 0 aromatic heterocycles. The van der Waals surface area contributed by atoms with Crippen molar-refractivity contribution in [2.45, 2.75) is 24.7 Å². The van der Waals surface area contributed by atoms with E-state index in [9.17, 15) is 15.0 Å². The van der Waals surface area contributed by atoms with Gasteiger partial charge in [0.05, 0.1) is 25.2 Å². The van der Waals surface area contributed by atoms with Crippen LogP contribution < -0.4 is 5.73 Å². The molecule has 4 atom stereocenters. The molecule has 0 amide bonds. The average Bonchev–Trinajstić information content (AvgIpc) is 2.32. The minimum Gasteiger partial charge on any atom is -0.469 e. The fourth-order valence-corrected chi connectivity index (χ4v) is 1.45. The zero-order valence-corrected chi connectivity index (χ0v) is 8.03. The van der Waals surface area contributed by atoms with Crippen LogP contribution in [0.25, 0.3) is 0 Å². The van der Waals surface area contributed by atoms with Gasteiger partial charge in [0, 0.05) is 6.04 Å². The Kier molecular flexibility index (Phi) is 4.63. The lowest BCUT2D eigenvalue weighted by Gasteiger charge is -2.13. The molecule has 0 aromatic rings. The highest BCUT2D eigenvalue weighted by atomic mass is 35.5. The molecular weight excluding hydrogens is 198 g/mol. The van der Waals surface area contributed by atoms with Gasteiger partial charge >= 0.3 is 5.97 Å². The van der Waals surface area contributed by atoms with Gasteiger partial charge in [-0.05, 0) is 6.42 Å². The standard InChI is InChI=1S/C7H13NO4.ClH/c1-12-7(11)3-2-4(8)6(10)5(3)9;/h3-6,9-10H,2,8H2,1H3;1H/t3-,4+,5+,6-;/m0./s1. The summed E-state index contributed by atoms with van der Waals surface area (Å²) < 4.78 is 4.44. The van der Waals surface area contributed by atoms with Crippen molar-refractivity contribution in [2.24, 2.45) is 11.7 Å². The molecule has 1 fully saturated rings. The Morgan fingerprint density at radius 2 is 2.00 bits per heavy atom. The molecule has 0 radical (unpaired) electrons. The normalized spacial score (nSPS) is 38.2. The number of aliphatic hydroxyl groups excluding tert-OH is 2. The van der Waals surface area contributed by atoms with Gasteiger partial charge < -0.3 is 20.7 Å². The summed E-state index contributed by atoms with van der Waals surface area (Å²) in [5.41, 5.74) is 5.43. The van der Waals surface area contributed by atoms with Gasteiger partial charge in [-0.1, -0.05) is 0 Å². The summed E-state index contributed by atoms with van der Waals surface area (Å²) in [4.78, 5) is 11.0. The molecule has 0 saturated heterocycles. The van der Waals surface area contributed by atoms with Crippen molar-refractivity contribution in [3.05, 3.63) is 0 Å². The van der Waals surface area contributed by atoms with Crippen LogP contribution in [-0.4, -0.2) is 41.5 Å². The Balaban J connectivity index is 0.00000144. The largest absolute Gasteiger partial charge is 0.469 e. The predicted octanol–water partition coefficient (Wildman–Crippen LogP) is -1.35. The molecule has 78 valence electrons. The zero-order valence-electron chi connectivity index (χ0n) is 7.21. The van der Waals surface area contributed by atoms with Gasteiger partial charge in [-0.2, -0.15) is 0 Å². The molecule has 0 heterocycles. The van der Waals surface area contributed by atoms with Crippen molar-refractivity contribution >= 4 is 18.4 Å². The Bertz CT molecular complexity index is 189. The molecule has 0 aliphatic heterocycles. The smallest absolute Gasteiger partial charge is 0.311 e.